The normalized spacial score (nSPS) is 10.9. The summed E-state index contributed by atoms with van der Waals surface area (Å²) < 4.78 is 30.3. The summed E-state index contributed by atoms with van der Waals surface area (Å²) in [5.41, 5.74) is 1.51. The lowest BCUT2D eigenvalue weighted by molar-refractivity contribution is -0.112. The molecule has 0 atom stereocenters. The molecule has 0 aliphatic heterocycles. The lowest BCUT2D eigenvalue weighted by Crippen LogP contribution is -2.13. The molecule has 0 unspecified atom stereocenters. The van der Waals surface area contributed by atoms with Crippen LogP contribution in [-0.4, -0.2) is 19.1 Å². The van der Waals surface area contributed by atoms with Gasteiger partial charge in [0, 0.05) is 5.69 Å². The molecule has 0 saturated carbocycles. The van der Waals surface area contributed by atoms with E-state index >= 15 is 0 Å². The summed E-state index contributed by atoms with van der Waals surface area (Å²) in [5, 5.41) is 12.5. The van der Waals surface area contributed by atoms with E-state index in [4.69, 9.17) is 25.8 Å². The zero-order valence-electron chi connectivity index (χ0n) is 19.3. The van der Waals surface area contributed by atoms with E-state index in [-0.39, 0.29) is 28.8 Å². The van der Waals surface area contributed by atoms with E-state index in [0.29, 0.717) is 41.5 Å². The van der Waals surface area contributed by atoms with Crippen LogP contribution in [0.25, 0.3) is 6.08 Å². The Balaban J connectivity index is 1.80. The van der Waals surface area contributed by atoms with Crippen molar-refractivity contribution < 1.29 is 23.4 Å². The molecule has 1 amide bonds. The van der Waals surface area contributed by atoms with Gasteiger partial charge in [-0.25, -0.2) is 4.39 Å². The van der Waals surface area contributed by atoms with Crippen molar-refractivity contribution in [1.82, 2.24) is 0 Å². The van der Waals surface area contributed by atoms with Crippen LogP contribution in [0.2, 0.25) is 5.02 Å². The number of ether oxygens (including phenoxy) is 3. The van der Waals surface area contributed by atoms with Crippen molar-refractivity contribution in [2.45, 2.75) is 20.5 Å². The third-order valence-corrected chi connectivity index (χ3v) is 4.98. The van der Waals surface area contributed by atoms with Gasteiger partial charge in [-0.2, -0.15) is 5.26 Å². The second-order valence-electron chi connectivity index (χ2n) is 7.26. The average Bonchev–Trinajstić information content (AvgIpc) is 2.83. The van der Waals surface area contributed by atoms with Gasteiger partial charge in [0.15, 0.2) is 11.5 Å². The topological polar surface area (TPSA) is 80.6 Å². The minimum absolute atomic E-state index is 0.0840. The first-order chi connectivity index (χ1) is 16.9. The number of carbonyl (C=O) groups is 1. The summed E-state index contributed by atoms with van der Waals surface area (Å²) in [6.07, 6.45) is 1.41. The van der Waals surface area contributed by atoms with Crippen molar-refractivity contribution in [3.63, 3.8) is 0 Å². The number of carbonyl (C=O) groups excluding carboxylic acids is 1. The Morgan fingerprint density at radius 1 is 1.06 bits per heavy atom. The van der Waals surface area contributed by atoms with Gasteiger partial charge in [0.2, 0.25) is 0 Å². The number of nitrogens with one attached hydrogen (secondary N) is 1. The molecule has 180 valence electrons. The zero-order chi connectivity index (χ0) is 25.2. The van der Waals surface area contributed by atoms with Crippen LogP contribution in [-0.2, 0) is 11.4 Å². The van der Waals surface area contributed by atoms with Crippen molar-refractivity contribution in [2.24, 2.45) is 0 Å². The molecule has 0 fully saturated rings. The first-order valence-corrected chi connectivity index (χ1v) is 11.3. The van der Waals surface area contributed by atoms with Crippen LogP contribution in [0, 0.1) is 17.1 Å². The van der Waals surface area contributed by atoms with E-state index in [1.54, 1.807) is 55.5 Å². The van der Waals surface area contributed by atoms with E-state index in [1.807, 2.05) is 13.0 Å². The van der Waals surface area contributed by atoms with E-state index in [0.717, 1.165) is 0 Å². The number of hydrogen-bond donors (Lipinski definition) is 1. The summed E-state index contributed by atoms with van der Waals surface area (Å²) in [5.74, 6) is 0.367. The van der Waals surface area contributed by atoms with E-state index in [9.17, 15) is 14.4 Å². The zero-order valence-corrected chi connectivity index (χ0v) is 20.1. The minimum atomic E-state index is -0.572. The number of halogens is 2. The Bertz CT molecular complexity index is 1250. The van der Waals surface area contributed by atoms with Crippen LogP contribution in [0.5, 0.6) is 17.2 Å². The number of rotatable bonds is 10. The van der Waals surface area contributed by atoms with Gasteiger partial charge in [0.05, 0.1) is 18.2 Å². The van der Waals surface area contributed by atoms with Gasteiger partial charge in [0.1, 0.15) is 29.8 Å². The van der Waals surface area contributed by atoms with Crippen molar-refractivity contribution in [2.75, 3.05) is 18.5 Å². The molecule has 0 heterocycles. The van der Waals surface area contributed by atoms with E-state index in [1.165, 1.54) is 18.2 Å². The number of benzene rings is 3. The quantitative estimate of drug-likeness (QED) is 0.260. The van der Waals surface area contributed by atoms with Crippen molar-refractivity contribution >= 4 is 29.3 Å². The predicted molar refractivity (Wildman–Crippen MR) is 133 cm³/mol. The molecule has 6 nitrogen and oxygen atoms in total. The van der Waals surface area contributed by atoms with Crippen LogP contribution >= 0.6 is 11.6 Å². The van der Waals surface area contributed by atoms with Crippen LogP contribution in [0.4, 0.5) is 10.1 Å². The summed E-state index contributed by atoms with van der Waals surface area (Å²) in [6, 6.07) is 18.0. The molecule has 0 aromatic heterocycles. The summed E-state index contributed by atoms with van der Waals surface area (Å²) in [7, 11) is 0. The molecule has 1 N–H and O–H groups in total. The standard InChI is InChI=1S/C27H24ClFN2O4/c1-3-33-23-10-8-22(9-11-23)31-27(32)20(16-30)12-19-14-24(28)26(25(15-19)34-4-2)35-17-18-6-5-7-21(29)13-18/h5-15H,3-4,17H2,1-2H3,(H,31,32)/b20-12+. The molecule has 3 rings (SSSR count). The highest BCUT2D eigenvalue weighted by Gasteiger charge is 2.15. The summed E-state index contributed by atoms with van der Waals surface area (Å²) in [6.45, 7) is 4.64. The van der Waals surface area contributed by atoms with Crippen LogP contribution in [0.15, 0.2) is 66.2 Å². The van der Waals surface area contributed by atoms with Gasteiger partial charge in [-0.3, -0.25) is 4.79 Å². The van der Waals surface area contributed by atoms with Crippen LogP contribution in [0.3, 0.4) is 0 Å². The minimum Gasteiger partial charge on any atom is -0.494 e. The largest absolute Gasteiger partial charge is 0.494 e. The molecule has 3 aromatic rings. The smallest absolute Gasteiger partial charge is 0.266 e. The van der Waals surface area contributed by atoms with Gasteiger partial charge in [-0.1, -0.05) is 23.7 Å². The number of hydrogen-bond acceptors (Lipinski definition) is 5. The maximum Gasteiger partial charge on any atom is 0.266 e. The number of nitrogens with zero attached hydrogens (tertiary/aromatic N) is 1. The van der Waals surface area contributed by atoms with Gasteiger partial charge >= 0.3 is 0 Å². The van der Waals surface area contributed by atoms with Crippen LogP contribution in [0.1, 0.15) is 25.0 Å². The molecule has 0 aliphatic carbocycles. The van der Waals surface area contributed by atoms with Crippen molar-refractivity contribution in [3.8, 4) is 23.3 Å². The molecule has 3 aromatic carbocycles. The van der Waals surface area contributed by atoms with Gasteiger partial charge in [-0.05, 0) is 79.6 Å². The first-order valence-electron chi connectivity index (χ1n) is 10.9. The van der Waals surface area contributed by atoms with E-state index in [2.05, 4.69) is 5.32 Å². The molecule has 0 saturated heterocycles. The molecular weight excluding hydrogens is 471 g/mol. The molecule has 0 spiro atoms. The predicted octanol–water partition coefficient (Wildman–Crippen LogP) is 6.40. The average molecular weight is 495 g/mol. The number of anilines is 1. The Morgan fingerprint density at radius 2 is 1.80 bits per heavy atom. The SMILES string of the molecule is CCOc1ccc(NC(=O)/C(C#N)=C/c2cc(Cl)c(OCc3cccc(F)c3)c(OCC)c2)cc1. The highest BCUT2D eigenvalue weighted by Crippen LogP contribution is 2.38. The Kier molecular flexibility index (Phi) is 9.10. The van der Waals surface area contributed by atoms with Crippen molar-refractivity contribution in [3.05, 3.63) is 88.2 Å². The Labute approximate surface area is 208 Å². The van der Waals surface area contributed by atoms with Crippen molar-refractivity contribution in [1.29, 1.82) is 5.26 Å². The van der Waals surface area contributed by atoms with Gasteiger partial charge in [0.25, 0.3) is 5.91 Å². The highest BCUT2D eigenvalue weighted by molar-refractivity contribution is 6.32. The third-order valence-electron chi connectivity index (χ3n) is 4.70. The Morgan fingerprint density at radius 3 is 2.46 bits per heavy atom. The number of nitriles is 1. The van der Waals surface area contributed by atoms with Gasteiger partial charge in [-0.15, -0.1) is 0 Å². The van der Waals surface area contributed by atoms with Gasteiger partial charge < -0.3 is 19.5 Å². The summed E-state index contributed by atoms with van der Waals surface area (Å²) in [4.78, 5) is 12.7. The second kappa shape index (κ2) is 12.4. The Hall–Kier alpha value is -4.02. The monoisotopic (exact) mass is 494 g/mol. The molecule has 35 heavy (non-hydrogen) atoms. The fraction of sp³-hybridized carbons (Fsp3) is 0.185. The number of amides is 1. The molecule has 0 bridgehead atoms. The molecular formula is C27H24ClFN2O4. The van der Waals surface area contributed by atoms with E-state index < -0.39 is 5.91 Å². The lowest BCUT2D eigenvalue weighted by atomic mass is 10.1. The lowest BCUT2D eigenvalue weighted by Gasteiger charge is -2.15. The second-order valence-corrected chi connectivity index (χ2v) is 7.67. The highest BCUT2D eigenvalue weighted by atomic mass is 35.5. The molecule has 0 radical (unpaired) electrons. The maximum absolute atomic E-state index is 13.5. The molecule has 8 heteroatoms. The third kappa shape index (κ3) is 7.23. The fourth-order valence-corrected chi connectivity index (χ4v) is 3.45. The molecule has 0 aliphatic rings. The first kappa shape index (κ1) is 25.6. The fourth-order valence-electron chi connectivity index (χ4n) is 3.17. The maximum atomic E-state index is 13.5. The summed E-state index contributed by atoms with van der Waals surface area (Å²) >= 11 is 6.44. The van der Waals surface area contributed by atoms with Crippen LogP contribution < -0.4 is 19.5 Å².